The fourth-order valence-electron chi connectivity index (χ4n) is 4.08. The van der Waals surface area contributed by atoms with Crippen LogP contribution in [-0.4, -0.2) is 67.2 Å². The molecule has 2 aromatic carbocycles. The van der Waals surface area contributed by atoms with Crippen molar-refractivity contribution in [3.05, 3.63) is 64.3 Å². The first-order chi connectivity index (χ1) is 17.4. The van der Waals surface area contributed by atoms with Crippen LogP contribution in [0.5, 0.6) is 0 Å². The minimum absolute atomic E-state index is 0.175. The molecule has 186 valence electrons. The third kappa shape index (κ3) is 5.94. The highest BCUT2D eigenvalue weighted by Crippen LogP contribution is 2.33. The van der Waals surface area contributed by atoms with E-state index in [4.69, 9.17) is 10.7 Å². The Balaban J connectivity index is 1.74. The number of hydrogen-bond acceptors (Lipinski definition) is 5. The summed E-state index contributed by atoms with van der Waals surface area (Å²) in [6, 6.07) is 13.9. The smallest absolute Gasteiger partial charge is 0.252 e. The Morgan fingerprint density at radius 1 is 1.14 bits per heavy atom. The molecule has 0 saturated heterocycles. The van der Waals surface area contributed by atoms with Crippen molar-refractivity contribution in [1.82, 2.24) is 25.1 Å². The van der Waals surface area contributed by atoms with Gasteiger partial charge < -0.3 is 25.8 Å². The molecular weight excluding hydrogens is 516 g/mol. The van der Waals surface area contributed by atoms with Crippen molar-refractivity contribution in [2.75, 3.05) is 46.8 Å². The molecule has 0 fully saturated rings. The van der Waals surface area contributed by atoms with Crippen LogP contribution in [-0.2, 0) is 7.05 Å². The lowest BCUT2D eigenvalue weighted by Gasteiger charge is -2.11. The van der Waals surface area contributed by atoms with Crippen molar-refractivity contribution >= 4 is 43.6 Å². The second-order valence-corrected chi connectivity index (χ2v) is 9.84. The summed E-state index contributed by atoms with van der Waals surface area (Å²) in [7, 11) is 6.10. The number of nitrogens with zero attached hydrogens (tertiary/aromatic N) is 3. The molecule has 7 nitrogen and oxygen atoms in total. The van der Waals surface area contributed by atoms with Crippen molar-refractivity contribution in [1.29, 1.82) is 0 Å². The van der Waals surface area contributed by atoms with Crippen molar-refractivity contribution in [3.63, 3.8) is 0 Å². The lowest BCUT2D eigenvalue weighted by Crippen LogP contribution is -2.29. The van der Waals surface area contributed by atoms with Crippen LogP contribution in [0.3, 0.4) is 0 Å². The highest BCUT2D eigenvalue weighted by molar-refractivity contribution is 9.10. The Hall–Kier alpha value is -3.22. The van der Waals surface area contributed by atoms with E-state index in [2.05, 4.69) is 66.2 Å². The van der Waals surface area contributed by atoms with E-state index in [-0.39, 0.29) is 5.91 Å². The number of pyridine rings is 1. The molecule has 0 bridgehead atoms. The standard InChI is InChI=1S/C28H31BrN6O/c1-34(2)14-13-31-11-4-5-19-6-8-25-21(15-19)23(28(36)32-12-10-30)17-26(33-25)24-18-35(3)27-9-7-20(29)16-22(24)27/h6-9,15-18,31H,10-14,30H2,1-3H3,(H,32,36). The summed E-state index contributed by atoms with van der Waals surface area (Å²) in [4.78, 5) is 20.2. The van der Waals surface area contributed by atoms with Gasteiger partial charge in [0.15, 0.2) is 0 Å². The SMILES string of the molecule is CN(C)CCNCC#Cc1ccc2nc(-c3cn(C)c4ccc(Br)cc34)cc(C(=O)NCCN)c2c1. The number of carbonyl (C=O) groups excluding carboxylic acids is 1. The number of amides is 1. The molecule has 4 N–H and O–H groups in total. The van der Waals surface area contributed by atoms with Crippen molar-refractivity contribution in [3.8, 4) is 23.1 Å². The fourth-order valence-corrected chi connectivity index (χ4v) is 4.44. The second-order valence-electron chi connectivity index (χ2n) is 8.93. The molecule has 0 spiro atoms. The van der Waals surface area contributed by atoms with Crippen LogP contribution in [0, 0.1) is 11.8 Å². The Kier molecular flexibility index (Phi) is 8.39. The maximum atomic E-state index is 13.2. The summed E-state index contributed by atoms with van der Waals surface area (Å²) in [6.45, 7) is 3.21. The van der Waals surface area contributed by atoms with Crippen LogP contribution < -0.4 is 16.4 Å². The summed E-state index contributed by atoms with van der Waals surface area (Å²) in [5.74, 6) is 6.19. The van der Waals surface area contributed by atoms with Gasteiger partial charge in [-0.15, -0.1) is 0 Å². The number of aryl methyl sites for hydroxylation is 1. The zero-order valence-corrected chi connectivity index (χ0v) is 22.4. The molecule has 36 heavy (non-hydrogen) atoms. The van der Waals surface area contributed by atoms with Gasteiger partial charge in [0.05, 0.1) is 23.3 Å². The molecule has 2 aromatic heterocycles. The Morgan fingerprint density at radius 2 is 1.97 bits per heavy atom. The maximum Gasteiger partial charge on any atom is 0.252 e. The first kappa shape index (κ1) is 25.9. The zero-order chi connectivity index (χ0) is 25.7. The summed E-state index contributed by atoms with van der Waals surface area (Å²) in [5, 5.41) is 8.06. The van der Waals surface area contributed by atoms with E-state index in [0.29, 0.717) is 25.2 Å². The first-order valence-electron chi connectivity index (χ1n) is 11.9. The number of benzene rings is 2. The van der Waals surface area contributed by atoms with E-state index in [0.717, 1.165) is 56.2 Å². The van der Waals surface area contributed by atoms with Crippen LogP contribution in [0.2, 0.25) is 0 Å². The molecule has 2 heterocycles. The lowest BCUT2D eigenvalue weighted by molar-refractivity contribution is 0.0956. The lowest BCUT2D eigenvalue weighted by atomic mass is 10.0. The minimum Gasteiger partial charge on any atom is -0.351 e. The molecule has 0 atom stereocenters. The van der Waals surface area contributed by atoms with E-state index in [1.54, 1.807) is 0 Å². The number of nitrogens with two attached hydrogens (primary N) is 1. The van der Waals surface area contributed by atoms with Gasteiger partial charge in [-0.3, -0.25) is 4.79 Å². The summed E-state index contributed by atoms with van der Waals surface area (Å²) >= 11 is 3.58. The average Bonchev–Trinajstić information content (AvgIpc) is 3.19. The number of rotatable bonds is 8. The largest absolute Gasteiger partial charge is 0.351 e. The predicted octanol–water partition coefficient (Wildman–Crippen LogP) is 3.35. The van der Waals surface area contributed by atoms with Crippen molar-refractivity contribution in [2.45, 2.75) is 0 Å². The van der Waals surface area contributed by atoms with Crippen LogP contribution >= 0.6 is 15.9 Å². The van der Waals surface area contributed by atoms with Gasteiger partial charge in [0.25, 0.3) is 5.91 Å². The van der Waals surface area contributed by atoms with Crippen molar-refractivity contribution < 1.29 is 4.79 Å². The van der Waals surface area contributed by atoms with Crippen LogP contribution in [0.4, 0.5) is 0 Å². The van der Waals surface area contributed by atoms with Gasteiger partial charge in [0.2, 0.25) is 0 Å². The Labute approximate surface area is 220 Å². The van der Waals surface area contributed by atoms with E-state index < -0.39 is 0 Å². The van der Waals surface area contributed by atoms with Gasteiger partial charge in [-0.2, -0.15) is 0 Å². The molecule has 0 aliphatic rings. The van der Waals surface area contributed by atoms with Gasteiger partial charge >= 0.3 is 0 Å². The third-order valence-corrected chi connectivity index (χ3v) is 6.39. The number of carbonyl (C=O) groups is 1. The summed E-state index contributed by atoms with van der Waals surface area (Å²) in [5.41, 5.74) is 10.6. The van der Waals surface area contributed by atoms with E-state index in [1.807, 2.05) is 51.5 Å². The number of nitrogens with one attached hydrogen (secondary N) is 2. The quantitative estimate of drug-likeness (QED) is 0.233. The predicted molar refractivity (Wildman–Crippen MR) is 151 cm³/mol. The molecule has 0 aliphatic carbocycles. The number of halogens is 1. The number of fused-ring (bicyclic) bond motifs is 2. The van der Waals surface area contributed by atoms with Gasteiger partial charge in [-0.1, -0.05) is 27.8 Å². The number of aromatic nitrogens is 2. The molecule has 0 radical (unpaired) electrons. The molecule has 4 rings (SSSR count). The molecule has 0 aliphatic heterocycles. The number of likely N-dealkylation sites (N-methyl/N-ethyl adjacent to an activating group) is 1. The third-order valence-electron chi connectivity index (χ3n) is 5.89. The van der Waals surface area contributed by atoms with Gasteiger partial charge in [0, 0.05) is 71.3 Å². The van der Waals surface area contributed by atoms with E-state index in [1.165, 1.54) is 0 Å². The topological polar surface area (TPSA) is 88.2 Å². The van der Waals surface area contributed by atoms with Gasteiger partial charge in [0.1, 0.15) is 0 Å². The van der Waals surface area contributed by atoms with Crippen molar-refractivity contribution in [2.24, 2.45) is 12.8 Å². The molecule has 0 unspecified atom stereocenters. The van der Waals surface area contributed by atoms with Crippen LogP contribution in [0.15, 0.2) is 53.1 Å². The fraction of sp³-hybridized carbons (Fsp3) is 0.286. The van der Waals surface area contributed by atoms with E-state index in [9.17, 15) is 4.79 Å². The molecular formula is C28H31BrN6O. The van der Waals surface area contributed by atoms with Gasteiger partial charge in [-0.25, -0.2) is 4.98 Å². The number of hydrogen-bond donors (Lipinski definition) is 3. The molecule has 1 amide bonds. The molecule has 4 aromatic rings. The first-order valence-corrected chi connectivity index (χ1v) is 12.7. The Bertz CT molecular complexity index is 1460. The highest BCUT2D eigenvalue weighted by atomic mass is 79.9. The van der Waals surface area contributed by atoms with Gasteiger partial charge in [-0.05, 0) is 56.6 Å². The minimum atomic E-state index is -0.175. The second kappa shape index (κ2) is 11.7. The van der Waals surface area contributed by atoms with E-state index >= 15 is 0 Å². The monoisotopic (exact) mass is 546 g/mol. The molecule has 8 heteroatoms. The molecule has 0 saturated carbocycles. The summed E-state index contributed by atoms with van der Waals surface area (Å²) in [6.07, 6.45) is 2.05. The van der Waals surface area contributed by atoms with Crippen LogP contribution in [0.1, 0.15) is 15.9 Å². The normalized spacial score (nSPS) is 11.2. The maximum absolute atomic E-state index is 13.2. The highest BCUT2D eigenvalue weighted by Gasteiger charge is 2.17. The Morgan fingerprint density at radius 3 is 2.75 bits per heavy atom. The average molecular weight is 548 g/mol. The summed E-state index contributed by atoms with van der Waals surface area (Å²) < 4.78 is 3.06. The zero-order valence-electron chi connectivity index (χ0n) is 20.9. The van der Waals surface area contributed by atoms with Crippen LogP contribution in [0.25, 0.3) is 33.1 Å².